The third kappa shape index (κ3) is 3.61. The van der Waals surface area contributed by atoms with E-state index in [1.165, 1.54) is 4.52 Å². The van der Waals surface area contributed by atoms with Gasteiger partial charge in [-0.2, -0.15) is 0 Å². The Morgan fingerprint density at radius 3 is 2.60 bits per heavy atom. The summed E-state index contributed by atoms with van der Waals surface area (Å²) in [6.07, 6.45) is 0. The standard InChI is InChI=1S/C25H21ClN6O3/c1-12-9-18(29-23-21(25(34)35)22(28)30-32(12)23)14-5-3-7-16(10-14)31-19(13(2)27)11-15-6-4-8-17(26)20(15)24(31)33/h3-11,13H,27H2,1-2H3,(H2,28,30)(H,34,35)/t13-/m0/s1. The summed E-state index contributed by atoms with van der Waals surface area (Å²) in [7, 11) is 0. The van der Waals surface area contributed by atoms with Crippen molar-refractivity contribution in [2.24, 2.45) is 5.73 Å². The molecule has 176 valence electrons. The topological polar surface area (TPSA) is 142 Å². The number of carboxylic acids is 1. The summed E-state index contributed by atoms with van der Waals surface area (Å²) < 4.78 is 2.95. The van der Waals surface area contributed by atoms with Crippen molar-refractivity contribution >= 4 is 39.8 Å². The van der Waals surface area contributed by atoms with E-state index in [-0.39, 0.29) is 22.6 Å². The zero-order valence-corrected chi connectivity index (χ0v) is 19.6. The second-order valence-corrected chi connectivity index (χ2v) is 8.74. The van der Waals surface area contributed by atoms with Gasteiger partial charge in [-0.1, -0.05) is 35.9 Å². The van der Waals surface area contributed by atoms with Crippen LogP contribution in [0.5, 0.6) is 0 Å². The number of carbonyl (C=O) groups is 1. The van der Waals surface area contributed by atoms with Crippen LogP contribution in [-0.2, 0) is 0 Å². The van der Waals surface area contributed by atoms with Crippen molar-refractivity contribution in [1.29, 1.82) is 0 Å². The minimum Gasteiger partial charge on any atom is -0.477 e. The fraction of sp³-hybridized carbons (Fsp3) is 0.120. The highest BCUT2D eigenvalue weighted by atomic mass is 35.5. The van der Waals surface area contributed by atoms with Gasteiger partial charge in [0, 0.05) is 28.7 Å². The maximum absolute atomic E-state index is 13.6. The van der Waals surface area contributed by atoms with E-state index in [2.05, 4.69) is 10.1 Å². The SMILES string of the molecule is Cc1cc(-c2cccc(-n3c([C@H](C)N)cc4cccc(Cl)c4c3=O)c2)nc2c(C(=O)O)c(N)nn12. The molecule has 3 heterocycles. The number of benzene rings is 2. The molecule has 1 atom stereocenters. The van der Waals surface area contributed by atoms with E-state index in [1.54, 1.807) is 47.9 Å². The van der Waals surface area contributed by atoms with Crippen molar-refractivity contribution in [2.75, 3.05) is 5.73 Å². The highest BCUT2D eigenvalue weighted by Gasteiger charge is 2.21. The Morgan fingerprint density at radius 1 is 1.14 bits per heavy atom. The summed E-state index contributed by atoms with van der Waals surface area (Å²) in [5.41, 5.74) is 14.8. The molecular formula is C25H21ClN6O3. The lowest BCUT2D eigenvalue weighted by Crippen LogP contribution is -2.25. The highest BCUT2D eigenvalue weighted by Crippen LogP contribution is 2.28. The van der Waals surface area contributed by atoms with E-state index >= 15 is 0 Å². The molecule has 0 saturated carbocycles. The lowest BCUT2D eigenvalue weighted by molar-refractivity contribution is 0.0700. The van der Waals surface area contributed by atoms with Crippen LogP contribution in [0, 0.1) is 6.92 Å². The maximum atomic E-state index is 13.6. The van der Waals surface area contributed by atoms with Crippen LogP contribution in [0.3, 0.4) is 0 Å². The zero-order chi connectivity index (χ0) is 25.0. The molecule has 35 heavy (non-hydrogen) atoms. The Balaban J connectivity index is 1.76. The van der Waals surface area contributed by atoms with Gasteiger partial charge in [0.2, 0.25) is 0 Å². The second kappa shape index (κ2) is 8.23. The molecule has 0 amide bonds. The molecule has 5 aromatic rings. The molecule has 2 aromatic carbocycles. The van der Waals surface area contributed by atoms with E-state index in [1.807, 2.05) is 25.1 Å². The quantitative estimate of drug-likeness (QED) is 0.347. The highest BCUT2D eigenvalue weighted by molar-refractivity contribution is 6.35. The molecule has 0 aliphatic carbocycles. The Morgan fingerprint density at radius 2 is 1.89 bits per heavy atom. The molecule has 3 aromatic heterocycles. The first kappa shape index (κ1) is 22.6. The van der Waals surface area contributed by atoms with Crippen molar-refractivity contribution in [3.63, 3.8) is 0 Å². The van der Waals surface area contributed by atoms with Crippen LogP contribution in [-0.4, -0.2) is 30.2 Å². The van der Waals surface area contributed by atoms with Crippen molar-refractivity contribution in [3.8, 4) is 16.9 Å². The average Bonchev–Trinajstić information content (AvgIpc) is 3.15. The van der Waals surface area contributed by atoms with E-state index in [0.717, 1.165) is 0 Å². The van der Waals surface area contributed by atoms with E-state index < -0.39 is 12.0 Å². The smallest absolute Gasteiger partial charge is 0.343 e. The Labute approximate surface area is 204 Å². The van der Waals surface area contributed by atoms with Gasteiger partial charge in [-0.3, -0.25) is 9.36 Å². The van der Waals surface area contributed by atoms with Crippen molar-refractivity contribution in [3.05, 3.63) is 86.9 Å². The van der Waals surface area contributed by atoms with Crippen molar-refractivity contribution in [2.45, 2.75) is 19.9 Å². The molecule has 5 rings (SSSR count). The van der Waals surface area contributed by atoms with Gasteiger partial charge in [-0.05, 0) is 49.6 Å². The van der Waals surface area contributed by atoms with Crippen LogP contribution in [0.25, 0.3) is 33.4 Å². The fourth-order valence-corrected chi connectivity index (χ4v) is 4.54. The maximum Gasteiger partial charge on any atom is 0.343 e. The number of anilines is 1. The number of hydrogen-bond acceptors (Lipinski definition) is 6. The van der Waals surface area contributed by atoms with Crippen molar-refractivity contribution < 1.29 is 9.90 Å². The van der Waals surface area contributed by atoms with Gasteiger partial charge in [0.05, 0.1) is 16.1 Å². The molecule has 0 saturated heterocycles. The summed E-state index contributed by atoms with van der Waals surface area (Å²) in [4.78, 5) is 29.9. The van der Waals surface area contributed by atoms with Gasteiger partial charge in [0.1, 0.15) is 5.56 Å². The molecule has 0 aliphatic heterocycles. The van der Waals surface area contributed by atoms with E-state index in [0.29, 0.717) is 44.1 Å². The molecule has 9 nitrogen and oxygen atoms in total. The molecule has 10 heteroatoms. The number of hydrogen-bond donors (Lipinski definition) is 3. The summed E-state index contributed by atoms with van der Waals surface area (Å²) in [5.74, 6) is -1.32. The van der Waals surface area contributed by atoms with Crippen LogP contribution in [0.4, 0.5) is 5.82 Å². The molecule has 5 N–H and O–H groups in total. The summed E-state index contributed by atoms with van der Waals surface area (Å²) in [6.45, 7) is 3.59. The Hall–Kier alpha value is -4.21. The minimum atomic E-state index is -1.21. The van der Waals surface area contributed by atoms with Crippen LogP contribution in [0.1, 0.15) is 34.7 Å². The monoisotopic (exact) mass is 488 g/mol. The van der Waals surface area contributed by atoms with Gasteiger partial charge in [-0.25, -0.2) is 14.3 Å². The van der Waals surface area contributed by atoms with Crippen LogP contribution >= 0.6 is 11.6 Å². The molecule has 0 fully saturated rings. The first-order valence-corrected chi connectivity index (χ1v) is 11.1. The first-order chi connectivity index (χ1) is 16.7. The number of aryl methyl sites for hydroxylation is 1. The molecule has 0 radical (unpaired) electrons. The van der Waals surface area contributed by atoms with Crippen LogP contribution in [0.2, 0.25) is 5.02 Å². The van der Waals surface area contributed by atoms with Gasteiger partial charge in [-0.15, -0.1) is 5.10 Å². The number of pyridine rings is 1. The third-order valence-electron chi connectivity index (χ3n) is 5.90. The lowest BCUT2D eigenvalue weighted by atomic mass is 10.1. The molecular weight excluding hydrogens is 468 g/mol. The second-order valence-electron chi connectivity index (χ2n) is 8.34. The summed E-state index contributed by atoms with van der Waals surface area (Å²) in [5, 5.41) is 15.2. The summed E-state index contributed by atoms with van der Waals surface area (Å²) in [6, 6.07) is 15.7. The largest absolute Gasteiger partial charge is 0.477 e. The number of nitrogen functional groups attached to an aromatic ring is 1. The summed E-state index contributed by atoms with van der Waals surface area (Å²) >= 11 is 6.38. The number of nitrogens with two attached hydrogens (primary N) is 2. The van der Waals surface area contributed by atoms with E-state index in [9.17, 15) is 14.7 Å². The number of rotatable bonds is 4. The average molecular weight is 489 g/mol. The van der Waals surface area contributed by atoms with E-state index in [4.69, 9.17) is 23.1 Å². The number of aromatic nitrogens is 4. The number of nitrogens with zero attached hydrogens (tertiary/aromatic N) is 4. The fourth-order valence-electron chi connectivity index (χ4n) is 4.28. The zero-order valence-electron chi connectivity index (χ0n) is 18.9. The minimum absolute atomic E-state index is 0.111. The lowest BCUT2D eigenvalue weighted by Gasteiger charge is -2.18. The molecule has 0 aliphatic rings. The normalized spacial score (nSPS) is 12.3. The van der Waals surface area contributed by atoms with Gasteiger partial charge in [0.15, 0.2) is 11.5 Å². The molecule has 0 unspecified atom stereocenters. The number of carboxylic acid groups (broad SMARTS) is 1. The van der Waals surface area contributed by atoms with Gasteiger partial charge >= 0.3 is 5.97 Å². The molecule has 0 spiro atoms. The predicted molar refractivity (Wildman–Crippen MR) is 135 cm³/mol. The first-order valence-electron chi connectivity index (χ1n) is 10.8. The van der Waals surface area contributed by atoms with Crippen LogP contribution < -0.4 is 17.0 Å². The Kier molecular flexibility index (Phi) is 5.31. The number of aromatic carboxylic acids is 1. The van der Waals surface area contributed by atoms with Crippen molar-refractivity contribution in [1.82, 2.24) is 19.2 Å². The van der Waals surface area contributed by atoms with Gasteiger partial charge in [0.25, 0.3) is 5.56 Å². The third-order valence-corrected chi connectivity index (χ3v) is 6.21. The molecule has 0 bridgehead atoms. The van der Waals surface area contributed by atoms with Crippen LogP contribution in [0.15, 0.2) is 59.4 Å². The van der Waals surface area contributed by atoms with Gasteiger partial charge < -0.3 is 16.6 Å². The number of fused-ring (bicyclic) bond motifs is 2. The Bertz CT molecular complexity index is 1720. The predicted octanol–water partition coefficient (Wildman–Crippen LogP) is 3.96. The number of halogens is 1.